The Morgan fingerprint density at radius 3 is 3.13 bits per heavy atom. The lowest BCUT2D eigenvalue weighted by Crippen LogP contribution is -1.92. The molecule has 6 heteroatoms. The number of benzene rings is 1. The minimum atomic E-state index is 0.765. The van der Waals surface area contributed by atoms with E-state index >= 15 is 0 Å². The maximum Gasteiger partial charge on any atom is 0.168 e. The van der Waals surface area contributed by atoms with Crippen LogP contribution in [0.2, 0.25) is 0 Å². The molecule has 0 amide bonds. The first-order valence-corrected chi connectivity index (χ1v) is 7.37. The topological polar surface area (TPSA) is 71.8 Å². The SMILES string of the molecule is c1cnc2c(Cc3ccc4c(ccn5cnnc45)c3)[nH]nc2c1. The predicted octanol–water partition coefficient (Wildman–Crippen LogP) is 2.74. The quantitative estimate of drug-likeness (QED) is 0.544. The third-order valence-electron chi connectivity index (χ3n) is 4.11. The van der Waals surface area contributed by atoms with Gasteiger partial charge >= 0.3 is 0 Å². The Morgan fingerprint density at radius 2 is 2.13 bits per heavy atom. The Balaban J connectivity index is 1.61. The first kappa shape index (κ1) is 12.3. The van der Waals surface area contributed by atoms with Crippen LogP contribution in [0.15, 0.2) is 55.1 Å². The molecule has 6 nitrogen and oxygen atoms in total. The van der Waals surface area contributed by atoms with Gasteiger partial charge in [0.15, 0.2) is 5.65 Å². The third-order valence-corrected chi connectivity index (χ3v) is 4.11. The fraction of sp³-hybridized carbons (Fsp3) is 0.0588. The van der Waals surface area contributed by atoms with Gasteiger partial charge in [0.2, 0.25) is 0 Å². The fourth-order valence-corrected chi connectivity index (χ4v) is 3.00. The van der Waals surface area contributed by atoms with Crippen molar-refractivity contribution in [3.63, 3.8) is 0 Å². The van der Waals surface area contributed by atoms with Gasteiger partial charge < -0.3 is 0 Å². The molecule has 4 aromatic heterocycles. The molecule has 0 fully saturated rings. The minimum Gasteiger partial charge on any atom is -0.289 e. The predicted molar refractivity (Wildman–Crippen MR) is 87.2 cm³/mol. The van der Waals surface area contributed by atoms with Crippen LogP contribution in [-0.2, 0) is 6.42 Å². The molecule has 0 atom stereocenters. The highest BCUT2D eigenvalue weighted by Gasteiger charge is 2.08. The summed E-state index contributed by atoms with van der Waals surface area (Å²) in [6, 6.07) is 12.3. The number of pyridine rings is 2. The molecule has 0 saturated heterocycles. The third kappa shape index (κ3) is 1.88. The molecule has 5 rings (SSSR count). The van der Waals surface area contributed by atoms with Gasteiger partial charge in [-0.25, -0.2) is 0 Å². The normalized spacial score (nSPS) is 11.7. The zero-order valence-electron chi connectivity index (χ0n) is 12.1. The number of fused-ring (bicyclic) bond motifs is 4. The van der Waals surface area contributed by atoms with Gasteiger partial charge in [0.05, 0.1) is 5.69 Å². The largest absolute Gasteiger partial charge is 0.289 e. The molecule has 0 aliphatic rings. The van der Waals surface area contributed by atoms with Crippen LogP contribution < -0.4 is 0 Å². The molecule has 23 heavy (non-hydrogen) atoms. The smallest absolute Gasteiger partial charge is 0.168 e. The molecule has 0 bridgehead atoms. The van der Waals surface area contributed by atoms with Crippen LogP contribution in [0.3, 0.4) is 0 Å². The van der Waals surface area contributed by atoms with Crippen molar-refractivity contribution < 1.29 is 0 Å². The molecule has 0 unspecified atom stereocenters. The van der Waals surface area contributed by atoms with Crippen molar-refractivity contribution in [2.75, 3.05) is 0 Å². The maximum atomic E-state index is 4.42. The monoisotopic (exact) mass is 300 g/mol. The Bertz CT molecular complexity index is 1150. The Kier molecular flexibility index (Phi) is 2.46. The first-order chi connectivity index (χ1) is 11.4. The van der Waals surface area contributed by atoms with Gasteiger partial charge in [-0.05, 0) is 29.1 Å². The van der Waals surface area contributed by atoms with Crippen LogP contribution in [0, 0.1) is 0 Å². The van der Waals surface area contributed by atoms with Crippen molar-refractivity contribution in [1.29, 1.82) is 0 Å². The average Bonchev–Trinajstić information content (AvgIpc) is 3.22. The van der Waals surface area contributed by atoms with Crippen molar-refractivity contribution in [3.8, 4) is 0 Å². The summed E-state index contributed by atoms with van der Waals surface area (Å²) >= 11 is 0. The van der Waals surface area contributed by atoms with Crippen LogP contribution in [0.5, 0.6) is 0 Å². The van der Waals surface area contributed by atoms with Gasteiger partial charge in [0.1, 0.15) is 17.4 Å². The summed E-state index contributed by atoms with van der Waals surface area (Å²) in [5, 5.41) is 17.8. The van der Waals surface area contributed by atoms with Gasteiger partial charge in [-0.2, -0.15) is 5.10 Å². The number of hydrogen-bond donors (Lipinski definition) is 1. The summed E-state index contributed by atoms with van der Waals surface area (Å²) < 4.78 is 1.92. The molecular formula is C17H12N6. The van der Waals surface area contributed by atoms with E-state index in [9.17, 15) is 0 Å². The second-order valence-electron chi connectivity index (χ2n) is 5.55. The molecule has 4 heterocycles. The highest BCUT2D eigenvalue weighted by Crippen LogP contribution is 2.22. The average molecular weight is 300 g/mol. The zero-order chi connectivity index (χ0) is 15.2. The van der Waals surface area contributed by atoms with Gasteiger partial charge in [0, 0.05) is 24.2 Å². The van der Waals surface area contributed by atoms with E-state index in [1.54, 1.807) is 12.5 Å². The van der Waals surface area contributed by atoms with Crippen LogP contribution in [0.4, 0.5) is 0 Å². The molecule has 0 radical (unpaired) electrons. The van der Waals surface area contributed by atoms with Crippen molar-refractivity contribution >= 4 is 27.5 Å². The van der Waals surface area contributed by atoms with E-state index in [4.69, 9.17) is 0 Å². The Labute approximate surface area is 130 Å². The van der Waals surface area contributed by atoms with E-state index in [1.165, 1.54) is 5.56 Å². The number of aromatic nitrogens is 6. The van der Waals surface area contributed by atoms with Crippen molar-refractivity contribution in [3.05, 3.63) is 66.4 Å². The van der Waals surface area contributed by atoms with E-state index in [0.29, 0.717) is 0 Å². The molecule has 1 aromatic carbocycles. The number of H-pyrrole nitrogens is 1. The molecular weight excluding hydrogens is 288 g/mol. The Hall–Kier alpha value is -3.28. The molecule has 0 aliphatic heterocycles. The standard InChI is InChI=1S/C17H12N6/c1-2-14-16(18-6-1)15(21-20-14)9-11-3-4-13-12(8-11)5-7-23-10-19-22-17(13)23/h1-8,10H,9H2,(H,20,21). The highest BCUT2D eigenvalue weighted by molar-refractivity contribution is 5.94. The van der Waals surface area contributed by atoms with Crippen LogP contribution >= 0.6 is 0 Å². The van der Waals surface area contributed by atoms with Crippen molar-refractivity contribution in [2.24, 2.45) is 0 Å². The molecule has 1 N–H and O–H groups in total. The fourth-order valence-electron chi connectivity index (χ4n) is 3.00. The van der Waals surface area contributed by atoms with Crippen molar-refractivity contribution in [2.45, 2.75) is 6.42 Å². The minimum absolute atomic E-state index is 0.765. The van der Waals surface area contributed by atoms with Crippen LogP contribution in [-0.4, -0.2) is 29.8 Å². The zero-order valence-corrected chi connectivity index (χ0v) is 12.1. The molecule has 0 spiro atoms. The summed E-state index contributed by atoms with van der Waals surface area (Å²) in [6.07, 6.45) is 6.25. The second kappa shape index (κ2) is 4.61. The van der Waals surface area contributed by atoms with Gasteiger partial charge in [-0.15, -0.1) is 10.2 Å². The molecule has 0 aliphatic carbocycles. The lowest BCUT2D eigenvalue weighted by atomic mass is 10.0. The number of hydrogen-bond acceptors (Lipinski definition) is 4. The lowest BCUT2D eigenvalue weighted by molar-refractivity contribution is 1.01. The molecule has 110 valence electrons. The van der Waals surface area contributed by atoms with E-state index in [1.807, 2.05) is 22.7 Å². The molecule has 5 aromatic rings. The number of rotatable bonds is 2. The van der Waals surface area contributed by atoms with Crippen molar-refractivity contribution in [1.82, 2.24) is 29.8 Å². The van der Waals surface area contributed by atoms with E-state index in [0.717, 1.165) is 39.6 Å². The van der Waals surface area contributed by atoms with Gasteiger partial charge in [0.25, 0.3) is 0 Å². The summed E-state index contributed by atoms with van der Waals surface area (Å²) in [6.45, 7) is 0. The van der Waals surface area contributed by atoms with E-state index < -0.39 is 0 Å². The summed E-state index contributed by atoms with van der Waals surface area (Å²) in [5.74, 6) is 0. The lowest BCUT2D eigenvalue weighted by Gasteiger charge is -2.04. The molecule has 0 saturated carbocycles. The number of aromatic amines is 1. The van der Waals surface area contributed by atoms with Gasteiger partial charge in [-0.3, -0.25) is 14.5 Å². The van der Waals surface area contributed by atoms with Gasteiger partial charge in [-0.1, -0.05) is 18.2 Å². The Morgan fingerprint density at radius 1 is 1.13 bits per heavy atom. The second-order valence-corrected chi connectivity index (χ2v) is 5.55. The highest BCUT2D eigenvalue weighted by atomic mass is 15.2. The number of nitrogens with zero attached hydrogens (tertiary/aromatic N) is 5. The van der Waals surface area contributed by atoms with E-state index in [-0.39, 0.29) is 0 Å². The van der Waals surface area contributed by atoms with Crippen LogP contribution in [0.1, 0.15) is 11.3 Å². The van der Waals surface area contributed by atoms with E-state index in [2.05, 4.69) is 49.6 Å². The number of nitrogens with one attached hydrogen (secondary N) is 1. The van der Waals surface area contributed by atoms with Crippen LogP contribution in [0.25, 0.3) is 27.5 Å². The first-order valence-electron chi connectivity index (χ1n) is 7.37. The summed E-state index contributed by atoms with van der Waals surface area (Å²) in [5.41, 5.74) is 4.94. The summed E-state index contributed by atoms with van der Waals surface area (Å²) in [4.78, 5) is 4.42. The maximum absolute atomic E-state index is 4.42. The summed E-state index contributed by atoms with van der Waals surface area (Å²) in [7, 11) is 0.